The van der Waals surface area contributed by atoms with Crippen molar-refractivity contribution in [1.82, 2.24) is 4.90 Å². The first-order valence-electron chi connectivity index (χ1n) is 6.23. The summed E-state index contributed by atoms with van der Waals surface area (Å²) in [6.45, 7) is 3.53. The van der Waals surface area contributed by atoms with Crippen LogP contribution in [0.25, 0.3) is 0 Å². The zero-order valence-corrected chi connectivity index (χ0v) is 9.28. The predicted octanol–water partition coefficient (Wildman–Crippen LogP) is 2.16. The topological polar surface area (TPSA) is 23.5 Å². The highest BCUT2D eigenvalue weighted by molar-refractivity contribution is 4.87. The van der Waals surface area contributed by atoms with Crippen LogP contribution < -0.4 is 0 Å². The molecule has 2 fully saturated rings. The van der Waals surface area contributed by atoms with E-state index in [2.05, 4.69) is 11.8 Å². The van der Waals surface area contributed by atoms with E-state index in [9.17, 15) is 5.11 Å². The lowest BCUT2D eigenvalue weighted by Gasteiger charge is -2.43. The fraction of sp³-hybridized carbons (Fsp3) is 1.00. The van der Waals surface area contributed by atoms with Gasteiger partial charge in [0, 0.05) is 12.1 Å². The molecule has 1 N–H and O–H groups in total. The molecule has 3 unspecified atom stereocenters. The number of rotatable bonds is 1. The minimum absolute atomic E-state index is 0.0516. The van der Waals surface area contributed by atoms with Gasteiger partial charge in [0.25, 0.3) is 0 Å². The van der Waals surface area contributed by atoms with Gasteiger partial charge in [0.2, 0.25) is 0 Å². The van der Waals surface area contributed by atoms with Crippen LogP contribution in [0.15, 0.2) is 0 Å². The molecule has 1 heterocycles. The van der Waals surface area contributed by atoms with Crippen molar-refractivity contribution in [3.63, 3.8) is 0 Å². The van der Waals surface area contributed by atoms with Crippen LogP contribution in [0.2, 0.25) is 0 Å². The van der Waals surface area contributed by atoms with E-state index in [0.717, 1.165) is 6.42 Å². The highest BCUT2D eigenvalue weighted by atomic mass is 16.3. The third-order valence-corrected chi connectivity index (χ3v) is 3.97. The first-order chi connectivity index (χ1) is 6.79. The summed E-state index contributed by atoms with van der Waals surface area (Å²) in [6.07, 6.45) is 8.74. The molecule has 1 saturated heterocycles. The normalized spacial score (nSPS) is 41.1. The van der Waals surface area contributed by atoms with Gasteiger partial charge >= 0.3 is 0 Å². The fourth-order valence-electron chi connectivity index (χ4n) is 3.09. The van der Waals surface area contributed by atoms with E-state index in [0.29, 0.717) is 12.1 Å². The summed E-state index contributed by atoms with van der Waals surface area (Å²) in [5, 5.41) is 10.00. The van der Waals surface area contributed by atoms with Gasteiger partial charge in [-0.1, -0.05) is 19.3 Å². The molecule has 82 valence electrons. The van der Waals surface area contributed by atoms with Gasteiger partial charge in [-0.15, -0.1) is 0 Å². The molecule has 0 aromatic carbocycles. The highest BCUT2D eigenvalue weighted by Gasteiger charge is 2.32. The number of piperidine rings is 1. The second-order valence-corrected chi connectivity index (χ2v) is 5.00. The Morgan fingerprint density at radius 2 is 1.71 bits per heavy atom. The van der Waals surface area contributed by atoms with E-state index in [1.165, 1.54) is 45.1 Å². The van der Waals surface area contributed by atoms with Crippen molar-refractivity contribution in [2.45, 2.75) is 70.1 Å². The molecule has 2 heteroatoms. The number of hydrogen-bond donors (Lipinski definition) is 1. The Kier molecular flexibility index (Phi) is 3.45. The van der Waals surface area contributed by atoms with Crippen LogP contribution in [-0.4, -0.2) is 34.7 Å². The van der Waals surface area contributed by atoms with Gasteiger partial charge in [0.05, 0.1) is 6.10 Å². The van der Waals surface area contributed by atoms with Crippen LogP contribution in [0, 0.1) is 0 Å². The first kappa shape index (κ1) is 10.4. The lowest BCUT2D eigenvalue weighted by Crippen LogP contribution is -2.51. The first-order valence-corrected chi connectivity index (χ1v) is 6.23. The number of nitrogens with zero attached hydrogens (tertiary/aromatic N) is 1. The van der Waals surface area contributed by atoms with Crippen LogP contribution in [0.4, 0.5) is 0 Å². The molecule has 1 saturated carbocycles. The Bertz CT molecular complexity index is 163. The quantitative estimate of drug-likeness (QED) is 0.696. The molecule has 0 amide bonds. The third-order valence-electron chi connectivity index (χ3n) is 3.97. The second-order valence-electron chi connectivity index (χ2n) is 5.00. The minimum Gasteiger partial charge on any atom is -0.391 e. The zero-order chi connectivity index (χ0) is 9.97. The Balaban J connectivity index is 1.96. The fourth-order valence-corrected chi connectivity index (χ4v) is 3.09. The standard InChI is InChI=1S/C12H23NO/c1-10-6-4-5-9-13(10)11-7-2-3-8-12(11)14/h10-12,14H,2-9H2,1H3. The molecule has 0 aromatic rings. The molecule has 14 heavy (non-hydrogen) atoms. The molecule has 0 radical (unpaired) electrons. The summed E-state index contributed by atoms with van der Waals surface area (Å²) in [5.41, 5.74) is 0. The number of aliphatic hydroxyl groups excluding tert-OH is 1. The molecule has 2 aliphatic rings. The molecule has 2 rings (SSSR count). The maximum atomic E-state index is 10.00. The van der Waals surface area contributed by atoms with Crippen LogP contribution >= 0.6 is 0 Å². The maximum Gasteiger partial charge on any atom is 0.0695 e. The van der Waals surface area contributed by atoms with E-state index in [1.807, 2.05) is 0 Å². The minimum atomic E-state index is -0.0516. The van der Waals surface area contributed by atoms with Crippen molar-refractivity contribution in [2.24, 2.45) is 0 Å². The Morgan fingerprint density at radius 1 is 1.00 bits per heavy atom. The summed E-state index contributed by atoms with van der Waals surface area (Å²) in [7, 11) is 0. The summed E-state index contributed by atoms with van der Waals surface area (Å²) >= 11 is 0. The van der Waals surface area contributed by atoms with Crippen molar-refractivity contribution in [3.05, 3.63) is 0 Å². The van der Waals surface area contributed by atoms with Gasteiger partial charge in [0.1, 0.15) is 0 Å². The van der Waals surface area contributed by atoms with E-state index in [-0.39, 0.29) is 6.10 Å². The van der Waals surface area contributed by atoms with Crippen molar-refractivity contribution in [1.29, 1.82) is 0 Å². The lowest BCUT2D eigenvalue weighted by atomic mass is 9.88. The largest absolute Gasteiger partial charge is 0.391 e. The van der Waals surface area contributed by atoms with E-state index >= 15 is 0 Å². The average Bonchev–Trinajstić information content (AvgIpc) is 2.20. The van der Waals surface area contributed by atoms with Crippen molar-refractivity contribution < 1.29 is 5.11 Å². The highest BCUT2D eigenvalue weighted by Crippen LogP contribution is 2.28. The Hall–Kier alpha value is -0.0800. The molecule has 0 bridgehead atoms. The molecule has 2 nitrogen and oxygen atoms in total. The van der Waals surface area contributed by atoms with Gasteiger partial charge < -0.3 is 5.11 Å². The van der Waals surface area contributed by atoms with Crippen molar-refractivity contribution >= 4 is 0 Å². The zero-order valence-electron chi connectivity index (χ0n) is 9.28. The van der Waals surface area contributed by atoms with Crippen molar-refractivity contribution in [2.75, 3.05) is 6.54 Å². The number of likely N-dealkylation sites (tertiary alicyclic amines) is 1. The monoisotopic (exact) mass is 197 g/mol. The summed E-state index contributed by atoms with van der Waals surface area (Å²) in [6, 6.07) is 1.17. The van der Waals surface area contributed by atoms with Gasteiger partial charge in [-0.2, -0.15) is 0 Å². The van der Waals surface area contributed by atoms with Crippen molar-refractivity contribution in [3.8, 4) is 0 Å². The van der Waals surface area contributed by atoms with Crippen LogP contribution in [0.1, 0.15) is 51.9 Å². The Morgan fingerprint density at radius 3 is 2.43 bits per heavy atom. The van der Waals surface area contributed by atoms with E-state index in [4.69, 9.17) is 0 Å². The predicted molar refractivity (Wildman–Crippen MR) is 58.3 cm³/mol. The van der Waals surface area contributed by atoms with Gasteiger partial charge in [-0.3, -0.25) is 4.90 Å². The van der Waals surface area contributed by atoms with Crippen LogP contribution in [-0.2, 0) is 0 Å². The van der Waals surface area contributed by atoms with Gasteiger partial charge in [-0.05, 0) is 39.2 Å². The number of aliphatic hydroxyl groups is 1. The van der Waals surface area contributed by atoms with E-state index < -0.39 is 0 Å². The summed E-state index contributed by atoms with van der Waals surface area (Å²) in [5.74, 6) is 0. The van der Waals surface area contributed by atoms with Gasteiger partial charge in [0.15, 0.2) is 0 Å². The van der Waals surface area contributed by atoms with Gasteiger partial charge in [-0.25, -0.2) is 0 Å². The third kappa shape index (κ3) is 2.12. The molecule has 0 aromatic heterocycles. The molecule has 3 atom stereocenters. The molecule has 0 spiro atoms. The molecule has 1 aliphatic carbocycles. The second kappa shape index (κ2) is 4.63. The lowest BCUT2D eigenvalue weighted by molar-refractivity contribution is -0.0105. The van der Waals surface area contributed by atoms with E-state index in [1.54, 1.807) is 0 Å². The smallest absolute Gasteiger partial charge is 0.0695 e. The SMILES string of the molecule is CC1CCCCN1C1CCCCC1O. The maximum absolute atomic E-state index is 10.00. The average molecular weight is 197 g/mol. The molecular weight excluding hydrogens is 174 g/mol. The Labute approximate surface area is 87.3 Å². The molecule has 1 aliphatic heterocycles. The van der Waals surface area contributed by atoms with Crippen LogP contribution in [0.5, 0.6) is 0 Å². The van der Waals surface area contributed by atoms with Crippen LogP contribution in [0.3, 0.4) is 0 Å². The summed E-state index contributed by atoms with van der Waals surface area (Å²) in [4.78, 5) is 2.56. The molecular formula is C12H23NO. The summed E-state index contributed by atoms with van der Waals surface area (Å²) < 4.78 is 0. The number of hydrogen-bond acceptors (Lipinski definition) is 2.